The monoisotopic (exact) mass is 172 g/mol. The fraction of sp³-hybridized carbons (Fsp3) is 0.889. The van der Waals surface area contributed by atoms with Crippen molar-refractivity contribution in [1.29, 1.82) is 0 Å². The van der Waals surface area contributed by atoms with Gasteiger partial charge in [-0.1, -0.05) is 6.92 Å². The van der Waals surface area contributed by atoms with E-state index in [1.807, 2.05) is 7.05 Å². The van der Waals surface area contributed by atoms with Crippen LogP contribution < -0.4 is 0 Å². The van der Waals surface area contributed by atoms with E-state index >= 15 is 0 Å². The van der Waals surface area contributed by atoms with Gasteiger partial charge in [0.15, 0.2) is 0 Å². The van der Waals surface area contributed by atoms with Crippen LogP contribution in [0.2, 0.25) is 0 Å². The molecule has 0 heterocycles. The maximum absolute atomic E-state index is 11.3. The van der Waals surface area contributed by atoms with Crippen LogP contribution >= 0.6 is 0 Å². The van der Waals surface area contributed by atoms with E-state index in [2.05, 4.69) is 18.7 Å². The molecule has 0 aliphatic rings. The molecule has 72 valence electrons. The summed E-state index contributed by atoms with van der Waals surface area (Å²) in [5.41, 5.74) is 0. The highest BCUT2D eigenvalue weighted by Crippen LogP contribution is 2.01. The molecule has 12 heavy (non-hydrogen) atoms. The SMILES string of the molecule is CCN(C)[C@H](C)CC(=O)N(C)C. The summed E-state index contributed by atoms with van der Waals surface area (Å²) in [5.74, 6) is 0.197. The second-order valence-corrected chi connectivity index (χ2v) is 3.41. The van der Waals surface area contributed by atoms with Gasteiger partial charge in [0.2, 0.25) is 5.91 Å². The Bertz CT molecular complexity index is 145. The van der Waals surface area contributed by atoms with E-state index < -0.39 is 0 Å². The standard InChI is InChI=1S/C9H20N2O/c1-6-11(5)8(2)7-9(12)10(3)4/h8H,6-7H2,1-5H3/t8-/m1/s1. The van der Waals surface area contributed by atoms with Crippen molar-refractivity contribution in [3.05, 3.63) is 0 Å². The lowest BCUT2D eigenvalue weighted by Gasteiger charge is -2.23. The van der Waals surface area contributed by atoms with Gasteiger partial charge in [-0.05, 0) is 20.5 Å². The normalized spacial score (nSPS) is 13.2. The number of carbonyl (C=O) groups is 1. The largest absolute Gasteiger partial charge is 0.349 e. The van der Waals surface area contributed by atoms with Crippen molar-refractivity contribution in [3.8, 4) is 0 Å². The first-order valence-corrected chi connectivity index (χ1v) is 4.39. The van der Waals surface area contributed by atoms with Gasteiger partial charge in [-0.3, -0.25) is 4.79 Å². The topological polar surface area (TPSA) is 23.6 Å². The maximum Gasteiger partial charge on any atom is 0.223 e. The molecule has 0 radical (unpaired) electrons. The minimum atomic E-state index is 0.197. The molecule has 0 aromatic rings. The number of hydrogen-bond donors (Lipinski definition) is 0. The molecule has 3 heteroatoms. The molecule has 0 saturated heterocycles. The van der Waals surface area contributed by atoms with E-state index in [1.54, 1.807) is 19.0 Å². The third kappa shape index (κ3) is 3.72. The van der Waals surface area contributed by atoms with Crippen molar-refractivity contribution in [2.75, 3.05) is 27.7 Å². The van der Waals surface area contributed by atoms with Crippen LogP contribution in [0, 0.1) is 0 Å². The van der Waals surface area contributed by atoms with Crippen molar-refractivity contribution < 1.29 is 4.79 Å². The molecular formula is C9H20N2O. The average molecular weight is 172 g/mol. The second-order valence-electron chi connectivity index (χ2n) is 3.41. The molecule has 3 nitrogen and oxygen atoms in total. The highest BCUT2D eigenvalue weighted by molar-refractivity contribution is 5.76. The first kappa shape index (κ1) is 11.4. The Hall–Kier alpha value is -0.570. The third-order valence-electron chi connectivity index (χ3n) is 2.22. The van der Waals surface area contributed by atoms with E-state index in [1.165, 1.54) is 0 Å². The van der Waals surface area contributed by atoms with E-state index in [0.29, 0.717) is 12.5 Å². The Morgan fingerprint density at radius 2 is 1.83 bits per heavy atom. The Kier molecular flexibility index (Phi) is 4.90. The highest BCUT2D eigenvalue weighted by Gasteiger charge is 2.13. The number of amides is 1. The minimum absolute atomic E-state index is 0.197. The third-order valence-corrected chi connectivity index (χ3v) is 2.22. The Morgan fingerprint density at radius 3 is 2.17 bits per heavy atom. The molecule has 0 bridgehead atoms. The molecule has 0 N–H and O–H groups in total. The van der Waals surface area contributed by atoms with Crippen LogP contribution in [0.25, 0.3) is 0 Å². The van der Waals surface area contributed by atoms with E-state index in [9.17, 15) is 4.79 Å². The van der Waals surface area contributed by atoms with Gasteiger partial charge in [0, 0.05) is 26.6 Å². The van der Waals surface area contributed by atoms with Crippen LogP contribution in [0.4, 0.5) is 0 Å². The Labute approximate surface area is 75.3 Å². The highest BCUT2D eigenvalue weighted by atomic mass is 16.2. The van der Waals surface area contributed by atoms with Crippen molar-refractivity contribution >= 4 is 5.91 Å². The molecule has 0 aliphatic carbocycles. The second kappa shape index (κ2) is 5.14. The maximum atomic E-state index is 11.3. The lowest BCUT2D eigenvalue weighted by molar-refractivity contribution is -0.129. The van der Waals surface area contributed by atoms with E-state index in [-0.39, 0.29) is 5.91 Å². The molecule has 0 aromatic heterocycles. The van der Waals surface area contributed by atoms with Gasteiger partial charge >= 0.3 is 0 Å². The molecular weight excluding hydrogens is 152 g/mol. The molecule has 1 atom stereocenters. The summed E-state index contributed by atoms with van der Waals surface area (Å²) >= 11 is 0. The van der Waals surface area contributed by atoms with Gasteiger partial charge in [-0.15, -0.1) is 0 Å². The molecule has 0 unspecified atom stereocenters. The smallest absolute Gasteiger partial charge is 0.223 e. The summed E-state index contributed by atoms with van der Waals surface area (Å²) < 4.78 is 0. The van der Waals surface area contributed by atoms with Gasteiger partial charge < -0.3 is 9.80 Å². The zero-order chi connectivity index (χ0) is 9.72. The summed E-state index contributed by atoms with van der Waals surface area (Å²) in [6.07, 6.45) is 0.608. The van der Waals surface area contributed by atoms with Crippen molar-refractivity contribution in [3.63, 3.8) is 0 Å². The summed E-state index contributed by atoms with van der Waals surface area (Å²) in [4.78, 5) is 15.1. The molecule has 0 aliphatic heterocycles. The van der Waals surface area contributed by atoms with Crippen molar-refractivity contribution in [2.24, 2.45) is 0 Å². The first-order chi connectivity index (χ1) is 5.49. The molecule has 0 spiro atoms. The minimum Gasteiger partial charge on any atom is -0.349 e. The summed E-state index contributed by atoms with van der Waals surface area (Å²) in [6.45, 7) is 5.16. The lowest BCUT2D eigenvalue weighted by Crippen LogP contribution is -2.34. The lowest BCUT2D eigenvalue weighted by atomic mass is 10.2. The Morgan fingerprint density at radius 1 is 1.33 bits per heavy atom. The molecule has 0 saturated carbocycles. The zero-order valence-electron chi connectivity index (χ0n) is 8.79. The average Bonchev–Trinajstić information content (AvgIpc) is 2.02. The van der Waals surface area contributed by atoms with Gasteiger partial charge in [-0.2, -0.15) is 0 Å². The summed E-state index contributed by atoms with van der Waals surface area (Å²) in [5, 5.41) is 0. The van der Waals surface area contributed by atoms with Crippen LogP contribution in [0.15, 0.2) is 0 Å². The van der Waals surface area contributed by atoms with Gasteiger partial charge in [0.1, 0.15) is 0 Å². The zero-order valence-corrected chi connectivity index (χ0v) is 8.79. The molecule has 1 amide bonds. The van der Waals surface area contributed by atoms with Crippen molar-refractivity contribution in [1.82, 2.24) is 9.80 Å². The van der Waals surface area contributed by atoms with Crippen LogP contribution in [-0.4, -0.2) is 49.4 Å². The fourth-order valence-corrected chi connectivity index (χ4v) is 0.903. The van der Waals surface area contributed by atoms with Gasteiger partial charge in [-0.25, -0.2) is 0 Å². The van der Waals surface area contributed by atoms with Crippen LogP contribution in [0.5, 0.6) is 0 Å². The summed E-state index contributed by atoms with van der Waals surface area (Å²) in [6, 6.07) is 0.338. The molecule has 0 fully saturated rings. The first-order valence-electron chi connectivity index (χ1n) is 4.39. The quantitative estimate of drug-likeness (QED) is 0.626. The summed E-state index contributed by atoms with van der Waals surface area (Å²) in [7, 11) is 5.62. The van der Waals surface area contributed by atoms with Crippen LogP contribution in [-0.2, 0) is 4.79 Å². The predicted molar refractivity (Wildman–Crippen MR) is 51.1 cm³/mol. The van der Waals surface area contributed by atoms with Crippen molar-refractivity contribution in [2.45, 2.75) is 26.3 Å². The number of rotatable bonds is 4. The Balaban J connectivity index is 3.83. The van der Waals surface area contributed by atoms with Crippen LogP contribution in [0.3, 0.4) is 0 Å². The molecule has 0 rings (SSSR count). The number of nitrogens with zero attached hydrogens (tertiary/aromatic N) is 2. The van der Waals surface area contributed by atoms with Gasteiger partial charge in [0.25, 0.3) is 0 Å². The number of hydrogen-bond acceptors (Lipinski definition) is 2. The van der Waals surface area contributed by atoms with Crippen LogP contribution in [0.1, 0.15) is 20.3 Å². The van der Waals surface area contributed by atoms with E-state index in [0.717, 1.165) is 6.54 Å². The number of carbonyl (C=O) groups excluding carboxylic acids is 1. The van der Waals surface area contributed by atoms with E-state index in [4.69, 9.17) is 0 Å². The molecule has 0 aromatic carbocycles. The van der Waals surface area contributed by atoms with Gasteiger partial charge in [0.05, 0.1) is 0 Å². The fourth-order valence-electron chi connectivity index (χ4n) is 0.903. The predicted octanol–water partition coefficient (Wildman–Crippen LogP) is 0.805.